The van der Waals surface area contributed by atoms with Crippen LogP contribution in [0.5, 0.6) is 0 Å². The maximum atomic E-state index is 6.65. The van der Waals surface area contributed by atoms with Crippen LogP contribution >= 0.6 is 0 Å². The lowest BCUT2D eigenvalue weighted by Crippen LogP contribution is -2.16. The predicted octanol–water partition coefficient (Wildman–Crippen LogP) is 15.5. The van der Waals surface area contributed by atoms with Gasteiger partial charge in [0.25, 0.3) is 0 Å². The van der Waals surface area contributed by atoms with Crippen LogP contribution < -0.4 is 4.90 Å². The van der Waals surface area contributed by atoms with Crippen LogP contribution in [0.1, 0.15) is 25.0 Å². The number of nitrogens with zero attached hydrogens (tertiary/aromatic N) is 1. The van der Waals surface area contributed by atoms with Gasteiger partial charge < -0.3 is 9.32 Å². The van der Waals surface area contributed by atoms with Crippen molar-refractivity contribution in [2.24, 2.45) is 0 Å². The van der Waals surface area contributed by atoms with E-state index in [0.717, 1.165) is 55.5 Å². The topological polar surface area (TPSA) is 16.4 Å². The number of furan rings is 1. The summed E-state index contributed by atoms with van der Waals surface area (Å²) in [6, 6.07) is 72.5. The predicted molar refractivity (Wildman–Crippen MR) is 240 cm³/mol. The van der Waals surface area contributed by atoms with Crippen LogP contribution in [0.25, 0.3) is 77.2 Å². The summed E-state index contributed by atoms with van der Waals surface area (Å²) < 4.78 is 6.65. The molecule has 0 radical (unpaired) electrons. The van der Waals surface area contributed by atoms with Gasteiger partial charge in [0.15, 0.2) is 0 Å². The fourth-order valence-corrected chi connectivity index (χ4v) is 9.17. The highest BCUT2D eigenvalue weighted by molar-refractivity contribution is 6.19. The molecule has 0 fully saturated rings. The quantitative estimate of drug-likeness (QED) is 0.169. The number of hydrogen-bond acceptors (Lipinski definition) is 2. The van der Waals surface area contributed by atoms with E-state index >= 15 is 0 Å². The SMILES string of the molecule is CC1(C)c2ccccc2-c2ccc(N(c3ccccc3)c3ccc(-c4ccc5oc6c7ccccc7c(-c7cccc(-c8ccccc8)c7)cc6c5c4)cc3)cc21. The Kier molecular flexibility index (Phi) is 7.55. The average molecular weight is 730 g/mol. The molecule has 0 saturated heterocycles. The summed E-state index contributed by atoms with van der Waals surface area (Å²) in [6.07, 6.45) is 0. The standard InChI is InChI=1S/C55H39NO/c1-55(2)51-23-12-11-21-45(51)46-30-29-43(34-52(46)55)56(41-18-7-4-8-19-41)42-27-24-37(25-28-42)39-26-31-53-49(33-39)50-35-48(44-20-9-10-22-47(44)54(50)57-53)40-17-13-16-38(32-40)36-14-5-3-6-15-36/h3-35H,1-2H3. The minimum absolute atomic E-state index is 0.0801. The van der Waals surface area contributed by atoms with E-state index in [9.17, 15) is 0 Å². The molecule has 11 rings (SSSR count). The molecule has 10 aromatic rings. The van der Waals surface area contributed by atoms with Crippen molar-refractivity contribution >= 4 is 49.8 Å². The number of benzene rings is 9. The van der Waals surface area contributed by atoms with Crippen LogP contribution in [-0.2, 0) is 5.41 Å². The molecule has 0 atom stereocenters. The van der Waals surface area contributed by atoms with Crippen LogP contribution in [0.4, 0.5) is 17.1 Å². The summed E-state index contributed by atoms with van der Waals surface area (Å²) in [5, 5.41) is 4.55. The van der Waals surface area contributed by atoms with E-state index in [1.54, 1.807) is 0 Å². The van der Waals surface area contributed by atoms with E-state index < -0.39 is 0 Å². The number of rotatable bonds is 6. The number of fused-ring (bicyclic) bond motifs is 8. The third-order valence-electron chi connectivity index (χ3n) is 12.1. The first-order valence-corrected chi connectivity index (χ1v) is 19.8. The van der Waals surface area contributed by atoms with Gasteiger partial charge in [-0.15, -0.1) is 0 Å². The van der Waals surface area contributed by atoms with Gasteiger partial charge in [0.05, 0.1) is 0 Å². The Morgan fingerprint density at radius 1 is 0.351 bits per heavy atom. The van der Waals surface area contributed by atoms with Crippen molar-refractivity contribution in [3.05, 3.63) is 211 Å². The van der Waals surface area contributed by atoms with Crippen molar-refractivity contribution < 1.29 is 4.42 Å². The van der Waals surface area contributed by atoms with Gasteiger partial charge in [-0.3, -0.25) is 0 Å². The van der Waals surface area contributed by atoms with Gasteiger partial charge in [0.1, 0.15) is 11.2 Å². The molecule has 2 nitrogen and oxygen atoms in total. The van der Waals surface area contributed by atoms with Gasteiger partial charge in [-0.2, -0.15) is 0 Å². The molecule has 0 unspecified atom stereocenters. The molecule has 270 valence electrons. The summed E-state index contributed by atoms with van der Waals surface area (Å²) >= 11 is 0. The lowest BCUT2D eigenvalue weighted by atomic mass is 9.82. The molecule has 1 aliphatic carbocycles. The minimum Gasteiger partial charge on any atom is -0.455 e. The van der Waals surface area contributed by atoms with Crippen molar-refractivity contribution in [1.29, 1.82) is 0 Å². The smallest absolute Gasteiger partial charge is 0.143 e. The average Bonchev–Trinajstić information content (AvgIpc) is 3.76. The van der Waals surface area contributed by atoms with E-state index in [1.807, 2.05) is 0 Å². The molecule has 1 aromatic heterocycles. The van der Waals surface area contributed by atoms with E-state index in [2.05, 4.69) is 219 Å². The van der Waals surface area contributed by atoms with Gasteiger partial charge in [-0.05, 0) is 122 Å². The van der Waals surface area contributed by atoms with E-state index in [-0.39, 0.29) is 5.41 Å². The Bertz CT molecular complexity index is 3140. The van der Waals surface area contributed by atoms with Crippen molar-refractivity contribution in [1.82, 2.24) is 0 Å². The maximum Gasteiger partial charge on any atom is 0.143 e. The second-order valence-electron chi connectivity index (χ2n) is 15.7. The number of hydrogen-bond donors (Lipinski definition) is 0. The lowest BCUT2D eigenvalue weighted by Gasteiger charge is -2.28. The summed E-state index contributed by atoms with van der Waals surface area (Å²) in [6.45, 7) is 4.69. The molecule has 0 bridgehead atoms. The molecule has 1 heterocycles. The fourth-order valence-electron chi connectivity index (χ4n) is 9.17. The Hall–Kier alpha value is -7.16. The zero-order chi connectivity index (χ0) is 38.1. The van der Waals surface area contributed by atoms with Crippen LogP contribution in [0.15, 0.2) is 205 Å². The van der Waals surface area contributed by atoms with Crippen LogP contribution in [0.3, 0.4) is 0 Å². The van der Waals surface area contributed by atoms with Gasteiger partial charge >= 0.3 is 0 Å². The van der Waals surface area contributed by atoms with Gasteiger partial charge in [-0.1, -0.05) is 153 Å². The van der Waals surface area contributed by atoms with E-state index in [0.29, 0.717) is 0 Å². The zero-order valence-corrected chi connectivity index (χ0v) is 31.9. The fraction of sp³-hybridized carbons (Fsp3) is 0.0545. The second kappa shape index (κ2) is 13.0. The van der Waals surface area contributed by atoms with Crippen LogP contribution in [0.2, 0.25) is 0 Å². The largest absolute Gasteiger partial charge is 0.455 e. The first-order chi connectivity index (χ1) is 28.0. The second-order valence-corrected chi connectivity index (χ2v) is 15.7. The van der Waals surface area contributed by atoms with Gasteiger partial charge in [0.2, 0.25) is 0 Å². The summed E-state index contributed by atoms with van der Waals surface area (Å²) in [5.41, 5.74) is 17.7. The van der Waals surface area contributed by atoms with Crippen molar-refractivity contribution in [3.8, 4) is 44.5 Å². The Balaban J connectivity index is 0.998. The highest BCUT2D eigenvalue weighted by Crippen LogP contribution is 2.51. The van der Waals surface area contributed by atoms with Crippen molar-refractivity contribution in [2.45, 2.75) is 19.3 Å². The first kappa shape index (κ1) is 33.2. The van der Waals surface area contributed by atoms with Crippen LogP contribution in [0, 0.1) is 0 Å². The van der Waals surface area contributed by atoms with Crippen LogP contribution in [-0.4, -0.2) is 0 Å². The Morgan fingerprint density at radius 3 is 1.77 bits per heavy atom. The van der Waals surface area contributed by atoms with E-state index in [4.69, 9.17) is 4.42 Å². The highest BCUT2D eigenvalue weighted by atomic mass is 16.3. The molecule has 1 aliphatic rings. The minimum atomic E-state index is -0.0801. The summed E-state index contributed by atoms with van der Waals surface area (Å²) in [5.74, 6) is 0. The molecule has 57 heavy (non-hydrogen) atoms. The molecule has 2 heteroatoms. The Morgan fingerprint density at radius 2 is 0.947 bits per heavy atom. The molecule has 0 N–H and O–H groups in total. The molecule has 0 aliphatic heterocycles. The van der Waals surface area contributed by atoms with Crippen molar-refractivity contribution in [2.75, 3.05) is 4.90 Å². The Labute approximate surface area is 332 Å². The van der Waals surface area contributed by atoms with Crippen molar-refractivity contribution in [3.63, 3.8) is 0 Å². The summed E-state index contributed by atoms with van der Waals surface area (Å²) in [7, 11) is 0. The lowest BCUT2D eigenvalue weighted by molar-refractivity contribution is 0.660. The molecular formula is C55H39NO. The maximum absolute atomic E-state index is 6.65. The number of anilines is 3. The first-order valence-electron chi connectivity index (χ1n) is 19.8. The molecule has 0 spiro atoms. The highest BCUT2D eigenvalue weighted by Gasteiger charge is 2.35. The van der Waals surface area contributed by atoms with Gasteiger partial charge in [0, 0.05) is 38.6 Å². The molecule has 0 amide bonds. The molecular weight excluding hydrogens is 691 g/mol. The molecule has 9 aromatic carbocycles. The normalized spacial score (nSPS) is 12.9. The third kappa shape index (κ3) is 5.40. The van der Waals surface area contributed by atoms with Gasteiger partial charge in [-0.25, -0.2) is 0 Å². The monoisotopic (exact) mass is 729 g/mol. The number of para-hydroxylation sites is 1. The molecule has 0 saturated carbocycles. The zero-order valence-electron chi connectivity index (χ0n) is 31.9. The summed E-state index contributed by atoms with van der Waals surface area (Å²) in [4.78, 5) is 2.37. The third-order valence-corrected chi connectivity index (χ3v) is 12.1. The van der Waals surface area contributed by atoms with E-state index in [1.165, 1.54) is 49.9 Å².